The fraction of sp³-hybridized carbons (Fsp3) is 0.350. The van der Waals surface area contributed by atoms with Crippen LogP contribution in [-0.4, -0.2) is 71.1 Å². The molecule has 2 rings (SSSR count). The largest absolute Gasteiger partial charge is 0.467 e. The zero-order valence-corrected chi connectivity index (χ0v) is 18.7. The van der Waals surface area contributed by atoms with Crippen molar-refractivity contribution in [3.8, 4) is 5.88 Å². The maximum Gasteiger partial charge on any atom is 0.422 e. The average Bonchev–Trinajstić information content (AvgIpc) is 2.79. The van der Waals surface area contributed by atoms with Gasteiger partial charge in [0, 0.05) is 19.3 Å². The molecule has 0 unspecified atom stereocenters. The van der Waals surface area contributed by atoms with E-state index in [1.165, 1.54) is 6.92 Å². The number of ether oxygens (including phenoxy) is 1. The number of hydrazone groups is 1. The Bertz CT molecular complexity index is 1110. The van der Waals surface area contributed by atoms with Gasteiger partial charge in [-0.1, -0.05) is 0 Å². The Labute approximate surface area is 196 Å². The number of likely N-dealkylation sites (N-methyl/N-ethyl adjacent to an activating group) is 1. The number of carbonyl (C=O) groups is 2. The topological polar surface area (TPSA) is 120 Å². The molecule has 0 aliphatic heterocycles. The van der Waals surface area contributed by atoms with E-state index < -0.39 is 54.2 Å². The Hall–Kier alpha value is -3.88. The lowest BCUT2D eigenvalue weighted by Gasteiger charge is -2.21. The number of aliphatic hydroxyl groups excluding tert-OH is 1. The number of aryl methyl sites for hydroxylation is 1. The van der Waals surface area contributed by atoms with Crippen LogP contribution in [0.25, 0.3) is 0 Å². The first-order valence-corrected chi connectivity index (χ1v) is 9.87. The minimum atomic E-state index is -4.82. The van der Waals surface area contributed by atoms with Gasteiger partial charge in [-0.05, 0) is 26.0 Å². The molecule has 15 heteroatoms. The first-order valence-electron chi connectivity index (χ1n) is 9.87. The second-order valence-corrected chi connectivity index (χ2v) is 6.90. The van der Waals surface area contributed by atoms with E-state index in [4.69, 9.17) is 0 Å². The van der Waals surface area contributed by atoms with E-state index in [9.17, 15) is 36.6 Å². The number of hydrogen-bond acceptors (Lipinski definition) is 8. The zero-order valence-electron chi connectivity index (χ0n) is 18.7. The van der Waals surface area contributed by atoms with Crippen molar-refractivity contribution in [3.05, 3.63) is 41.2 Å². The SMILES string of the molecule is CCN(C=O)/C(CO)=N\N(C)c1nc(OCC(F)(F)F)c(C(=O)Nc2cc(C)ncc2F)cc1F. The average molecular weight is 504 g/mol. The van der Waals surface area contributed by atoms with Crippen LogP contribution in [0.2, 0.25) is 0 Å². The van der Waals surface area contributed by atoms with Crippen molar-refractivity contribution in [1.29, 1.82) is 0 Å². The molecule has 10 nitrogen and oxygen atoms in total. The van der Waals surface area contributed by atoms with Crippen LogP contribution in [0.3, 0.4) is 0 Å². The van der Waals surface area contributed by atoms with Gasteiger partial charge in [0.2, 0.25) is 12.3 Å². The number of anilines is 2. The first kappa shape index (κ1) is 27.4. The zero-order chi connectivity index (χ0) is 26.3. The van der Waals surface area contributed by atoms with E-state index in [0.717, 1.165) is 29.2 Å². The number of alkyl halides is 3. The molecule has 2 heterocycles. The van der Waals surface area contributed by atoms with Gasteiger partial charge >= 0.3 is 6.18 Å². The molecule has 0 bridgehead atoms. The highest BCUT2D eigenvalue weighted by molar-refractivity contribution is 6.06. The number of rotatable bonds is 9. The van der Waals surface area contributed by atoms with Gasteiger partial charge in [0.1, 0.15) is 12.2 Å². The number of amidine groups is 1. The van der Waals surface area contributed by atoms with Crippen molar-refractivity contribution >= 4 is 29.7 Å². The summed E-state index contributed by atoms with van der Waals surface area (Å²) in [6, 6.07) is 1.70. The molecule has 0 aliphatic rings. The number of amides is 2. The number of aromatic nitrogens is 2. The molecule has 0 aromatic carbocycles. The third-order valence-corrected chi connectivity index (χ3v) is 4.29. The summed E-state index contributed by atoms with van der Waals surface area (Å²) in [7, 11) is 1.14. The van der Waals surface area contributed by atoms with Crippen LogP contribution in [0.15, 0.2) is 23.4 Å². The van der Waals surface area contributed by atoms with Crippen molar-refractivity contribution in [1.82, 2.24) is 14.9 Å². The smallest absolute Gasteiger partial charge is 0.422 e. The van der Waals surface area contributed by atoms with Gasteiger partial charge in [0.15, 0.2) is 29.9 Å². The Morgan fingerprint density at radius 1 is 1.29 bits per heavy atom. The van der Waals surface area contributed by atoms with E-state index in [-0.39, 0.29) is 18.1 Å². The molecule has 2 aromatic heterocycles. The highest BCUT2D eigenvalue weighted by Crippen LogP contribution is 2.28. The lowest BCUT2D eigenvalue weighted by atomic mass is 10.2. The summed E-state index contributed by atoms with van der Waals surface area (Å²) >= 11 is 0. The molecule has 0 aliphatic carbocycles. The van der Waals surface area contributed by atoms with E-state index >= 15 is 0 Å². The first-order chi connectivity index (χ1) is 16.4. The highest BCUT2D eigenvalue weighted by atomic mass is 19.4. The maximum atomic E-state index is 14.9. The van der Waals surface area contributed by atoms with E-state index in [2.05, 4.69) is 25.1 Å². The molecule has 2 N–H and O–H groups in total. The molecule has 0 atom stereocenters. The van der Waals surface area contributed by atoms with Gasteiger partial charge in [0.05, 0.1) is 11.9 Å². The molecular weight excluding hydrogens is 483 g/mol. The number of carbonyl (C=O) groups excluding carboxylic acids is 2. The van der Waals surface area contributed by atoms with Crippen LogP contribution in [0.4, 0.5) is 33.5 Å². The monoisotopic (exact) mass is 504 g/mol. The quantitative estimate of drug-likeness (QED) is 0.177. The van der Waals surface area contributed by atoms with Crippen molar-refractivity contribution < 1.29 is 41.4 Å². The van der Waals surface area contributed by atoms with Crippen LogP contribution < -0.4 is 15.1 Å². The summed E-state index contributed by atoms with van der Waals surface area (Å²) in [5, 5.41) is 16.1. The van der Waals surface area contributed by atoms with Crippen molar-refractivity contribution in [2.45, 2.75) is 20.0 Å². The minimum absolute atomic E-state index is 0.108. The van der Waals surface area contributed by atoms with Crippen molar-refractivity contribution in [2.75, 3.05) is 37.1 Å². The van der Waals surface area contributed by atoms with E-state index in [1.807, 2.05) is 0 Å². The molecule has 2 amide bonds. The Balaban J connectivity index is 2.51. The number of aliphatic hydroxyl groups is 1. The summed E-state index contributed by atoms with van der Waals surface area (Å²) in [6.07, 6.45) is -3.64. The standard InChI is InChI=1S/C20H21F5N6O4/c1-4-31(10-33)16(8-32)29-30(3)17-13(21)6-12(19(28-17)35-9-20(23,24)25)18(34)27-15-5-11(2)26-7-14(15)22/h5-7,10,32H,4,8-9H2,1-3H3,(H,26,27,34)/b29-16-. The second kappa shape index (κ2) is 11.5. The summed E-state index contributed by atoms with van der Waals surface area (Å²) in [5.41, 5.74) is -0.783. The molecule has 2 aromatic rings. The summed E-state index contributed by atoms with van der Waals surface area (Å²) in [6.45, 7) is 0.591. The number of nitrogens with zero attached hydrogens (tertiary/aromatic N) is 5. The third-order valence-electron chi connectivity index (χ3n) is 4.29. The van der Waals surface area contributed by atoms with Crippen molar-refractivity contribution in [2.24, 2.45) is 5.10 Å². The molecular formula is C20H21F5N6O4. The fourth-order valence-electron chi connectivity index (χ4n) is 2.66. The van der Waals surface area contributed by atoms with Crippen LogP contribution in [-0.2, 0) is 4.79 Å². The van der Waals surface area contributed by atoms with Crippen LogP contribution in [0.5, 0.6) is 5.88 Å². The molecule has 0 spiro atoms. The Morgan fingerprint density at radius 2 is 1.97 bits per heavy atom. The summed E-state index contributed by atoms with van der Waals surface area (Å²) in [5.74, 6) is -5.17. The second-order valence-electron chi connectivity index (χ2n) is 6.90. The van der Waals surface area contributed by atoms with Gasteiger partial charge in [-0.15, -0.1) is 0 Å². The van der Waals surface area contributed by atoms with E-state index in [1.54, 1.807) is 6.92 Å². The maximum absolute atomic E-state index is 14.9. The van der Waals surface area contributed by atoms with Gasteiger partial charge in [-0.2, -0.15) is 23.3 Å². The number of halogens is 5. The summed E-state index contributed by atoms with van der Waals surface area (Å²) in [4.78, 5) is 32.1. The molecule has 0 saturated carbocycles. The predicted molar refractivity (Wildman–Crippen MR) is 114 cm³/mol. The number of pyridine rings is 2. The molecule has 190 valence electrons. The van der Waals surface area contributed by atoms with Crippen molar-refractivity contribution in [3.63, 3.8) is 0 Å². The molecule has 0 saturated heterocycles. The number of nitrogens with one attached hydrogen (secondary N) is 1. The summed E-state index contributed by atoms with van der Waals surface area (Å²) < 4.78 is 71.7. The van der Waals surface area contributed by atoms with Gasteiger partial charge in [0.25, 0.3) is 5.91 Å². The van der Waals surface area contributed by atoms with Gasteiger partial charge in [-0.3, -0.25) is 19.5 Å². The van der Waals surface area contributed by atoms with Crippen LogP contribution in [0, 0.1) is 18.6 Å². The number of hydrogen-bond donors (Lipinski definition) is 2. The lowest BCUT2D eigenvalue weighted by molar-refractivity contribution is -0.154. The molecule has 0 radical (unpaired) electrons. The van der Waals surface area contributed by atoms with Gasteiger partial charge < -0.3 is 15.2 Å². The molecule has 35 heavy (non-hydrogen) atoms. The van der Waals surface area contributed by atoms with Crippen LogP contribution >= 0.6 is 0 Å². The van der Waals surface area contributed by atoms with Crippen LogP contribution in [0.1, 0.15) is 23.0 Å². The Kier molecular flexibility index (Phi) is 8.99. The normalized spacial score (nSPS) is 11.7. The van der Waals surface area contributed by atoms with E-state index in [0.29, 0.717) is 18.2 Å². The van der Waals surface area contributed by atoms with Gasteiger partial charge in [-0.25, -0.2) is 13.8 Å². The lowest BCUT2D eigenvalue weighted by Crippen LogP contribution is -2.34. The molecule has 0 fully saturated rings. The third kappa shape index (κ3) is 7.30. The highest BCUT2D eigenvalue weighted by Gasteiger charge is 2.31. The minimum Gasteiger partial charge on any atom is -0.467 e. The Morgan fingerprint density at radius 3 is 2.54 bits per heavy atom. The fourth-order valence-corrected chi connectivity index (χ4v) is 2.66. The predicted octanol–water partition coefficient (Wildman–Crippen LogP) is 2.48.